The molecule has 0 bridgehead atoms. The molecule has 0 spiro atoms. The SMILES string of the molecule is COc1ccc(C(=O)CCC#N)c(Cl)c1OC. The topological polar surface area (TPSA) is 59.3 Å². The van der Waals surface area contributed by atoms with Crippen molar-refractivity contribution in [2.75, 3.05) is 14.2 Å². The fourth-order valence-corrected chi connectivity index (χ4v) is 1.75. The molecule has 0 saturated heterocycles. The Morgan fingerprint density at radius 3 is 2.65 bits per heavy atom. The minimum absolute atomic E-state index is 0.145. The molecule has 17 heavy (non-hydrogen) atoms. The average Bonchev–Trinajstić information content (AvgIpc) is 2.35. The van der Waals surface area contributed by atoms with Gasteiger partial charge in [0.1, 0.15) is 0 Å². The highest BCUT2D eigenvalue weighted by Gasteiger charge is 2.17. The summed E-state index contributed by atoms with van der Waals surface area (Å²) in [5, 5.41) is 8.65. The molecule has 1 aromatic carbocycles. The predicted molar refractivity (Wildman–Crippen MR) is 63.7 cm³/mol. The van der Waals surface area contributed by atoms with E-state index in [0.717, 1.165) is 0 Å². The molecule has 0 aliphatic heterocycles. The number of hydrogen-bond donors (Lipinski definition) is 0. The van der Waals surface area contributed by atoms with Crippen molar-refractivity contribution in [3.63, 3.8) is 0 Å². The van der Waals surface area contributed by atoms with Gasteiger partial charge in [0.25, 0.3) is 0 Å². The number of nitriles is 1. The molecule has 0 unspecified atom stereocenters. The van der Waals surface area contributed by atoms with Gasteiger partial charge in [-0.1, -0.05) is 11.6 Å². The molecule has 90 valence electrons. The Labute approximate surface area is 105 Å². The van der Waals surface area contributed by atoms with Gasteiger partial charge in [0, 0.05) is 18.4 Å². The molecule has 0 radical (unpaired) electrons. The van der Waals surface area contributed by atoms with E-state index in [1.807, 2.05) is 6.07 Å². The minimum atomic E-state index is -0.183. The molecule has 0 aromatic heterocycles. The predicted octanol–water partition coefficient (Wildman–Crippen LogP) is 2.84. The summed E-state index contributed by atoms with van der Waals surface area (Å²) in [6.45, 7) is 0. The normalized spacial score (nSPS) is 9.53. The van der Waals surface area contributed by atoms with Gasteiger partial charge in [-0.05, 0) is 12.1 Å². The van der Waals surface area contributed by atoms with Crippen LogP contribution in [0.2, 0.25) is 5.02 Å². The first-order valence-electron chi connectivity index (χ1n) is 4.96. The quantitative estimate of drug-likeness (QED) is 0.757. The van der Waals surface area contributed by atoms with Crippen molar-refractivity contribution >= 4 is 17.4 Å². The first-order valence-corrected chi connectivity index (χ1v) is 5.34. The summed E-state index contributed by atoms with van der Waals surface area (Å²) in [6, 6.07) is 5.11. The van der Waals surface area contributed by atoms with Crippen molar-refractivity contribution < 1.29 is 14.3 Å². The molecule has 0 aliphatic rings. The summed E-state index contributed by atoms with van der Waals surface area (Å²) in [6.07, 6.45) is 0.315. The van der Waals surface area contributed by atoms with E-state index in [9.17, 15) is 4.79 Å². The van der Waals surface area contributed by atoms with E-state index in [4.69, 9.17) is 26.3 Å². The molecule has 0 atom stereocenters. The van der Waals surface area contributed by atoms with Gasteiger partial charge in [-0.3, -0.25) is 4.79 Å². The Kier molecular flexibility index (Phi) is 4.80. The van der Waals surface area contributed by atoms with Crippen LogP contribution in [0.4, 0.5) is 0 Å². The molecule has 1 rings (SSSR count). The van der Waals surface area contributed by atoms with Crippen LogP contribution < -0.4 is 9.47 Å². The first-order chi connectivity index (χ1) is 8.15. The average molecular weight is 254 g/mol. The summed E-state index contributed by atoms with van der Waals surface area (Å²) in [5.74, 6) is 0.615. The van der Waals surface area contributed by atoms with Gasteiger partial charge < -0.3 is 9.47 Å². The summed E-state index contributed by atoms with van der Waals surface area (Å²) < 4.78 is 10.1. The number of methoxy groups -OCH3 is 2. The van der Waals surface area contributed by atoms with Crippen molar-refractivity contribution in [1.29, 1.82) is 5.26 Å². The van der Waals surface area contributed by atoms with E-state index in [2.05, 4.69) is 0 Å². The number of ether oxygens (including phenoxy) is 2. The van der Waals surface area contributed by atoms with E-state index < -0.39 is 0 Å². The van der Waals surface area contributed by atoms with E-state index in [-0.39, 0.29) is 23.6 Å². The second-order valence-electron chi connectivity index (χ2n) is 3.24. The third-order valence-electron chi connectivity index (χ3n) is 2.25. The fourth-order valence-electron chi connectivity index (χ4n) is 1.41. The number of benzene rings is 1. The van der Waals surface area contributed by atoms with Gasteiger partial charge in [0.15, 0.2) is 17.3 Å². The lowest BCUT2D eigenvalue weighted by molar-refractivity contribution is 0.0984. The van der Waals surface area contributed by atoms with Gasteiger partial charge in [0.05, 0.1) is 25.3 Å². The van der Waals surface area contributed by atoms with E-state index in [1.165, 1.54) is 14.2 Å². The largest absolute Gasteiger partial charge is 0.493 e. The van der Waals surface area contributed by atoms with Crippen LogP contribution in [0, 0.1) is 11.3 Å². The zero-order chi connectivity index (χ0) is 12.8. The highest BCUT2D eigenvalue weighted by molar-refractivity contribution is 6.35. The molecule has 0 amide bonds. The fraction of sp³-hybridized carbons (Fsp3) is 0.333. The van der Waals surface area contributed by atoms with Crippen molar-refractivity contribution in [3.8, 4) is 17.6 Å². The van der Waals surface area contributed by atoms with Crippen LogP contribution in [0.25, 0.3) is 0 Å². The third-order valence-corrected chi connectivity index (χ3v) is 2.62. The van der Waals surface area contributed by atoms with Crippen molar-refractivity contribution in [1.82, 2.24) is 0 Å². The molecule has 0 fully saturated rings. The maximum absolute atomic E-state index is 11.8. The van der Waals surface area contributed by atoms with Crippen molar-refractivity contribution in [2.24, 2.45) is 0 Å². The number of nitrogens with zero attached hydrogens (tertiary/aromatic N) is 1. The van der Waals surface area contributed by atoms with Gasteiger partial charge in [-0.25, -0.2) is 0 Å². The highest BCUT2D eigenvalue weighted by Crippen LogP contribution is 2.37. The molecule has 4 nitrogen and oxygen atoms in total. The first kappa shape index (κ1) is 13.3. The summed E-state index contributed by atoms with van der Waals surface area (Å²) in [5.41, 5.74) is 0.347. The number of carbonyl (C=O) groups is 1. The zero-order valence-electron chi connectivity index (χ0n) is 9.62. The molecule has 0 saturated carbocycles. The lowest BCUT2D eigenvalue weighted by Crippen LogP contribution is -2.02. The maximum atomic E-state index is 11.8. The summed E-state index contributed by atoms with van der Waals surface area (Å²) in [7, 11) is 2.94. The van der Waals surface area contributed by atoms with E-state index in [1.54, 1.807) is 12.1 Å². The van der Waals surface area contributed by atoms with Gasteiger partial charge in [-0.15, -0.1) is 0 Å². The van der Waals surface area contributed by atoms with Gasteiger partial charge in [0.2, 0.25) is 0 Å². The number of rotatable bonds is 5. The van der Waals surface area contributed by atoms with Gasteiger partial charge in [-0.2, -0.15) is 5.26 Å². The van der Waals surface area contributed by atoms with Crippen LogP contribution in [0.3, 0.4) is 0 Å². The van der Waals surface area contributed by atoms with Crippen LogP contribution in [0.15, 0.2) is 12.1 Å². The lowest BCUT2D eigenvalue weighted by atomic mass is 10.1. The molecule has 0 aliphatic carbocycles. The lowest BCUT2D eigenvalue weighted by Gasteiger charge is -2.11. The number of hydrogen-bond acceptors (Lipinski definition) is 4. The van der Waals surface area contributed by atoms with E-state index >= 15 is 0 Å². The summed E-state index contributed by atoms with van der Waals surface area (Å²) in [4.78, 5) is 11.8. The molecular formula is C12H12ClNO3. The monoisotopic (exact) mass is 253 g/mol. The number of halogens is 1. The van der Waals surface area contributed by atoms with Crippen molar-refractivity contribution in [2.45, 2.75) is 12.8 Å². The Hall–Kier alpha value is -1.73. The number of Topliss-reactive ketones (excluding diaryl/α,β-unsaturated/α-hetero) is 1. The number of ketones is 1. The number of carbonyl (C=O) groups excluding carboxylic acids is 1. The second-order valence-corrected chi connectivity index (χ2v) is 3.62. The standard InChI is InChI=1S/C12H12ClNO3/c1-16-10-6-5-8(9(15)4-3-7-14)11(13)12(10)17-2/h5-6H,3-4H2,1-2H3. The molecule has 1 aromatic rings. The van der Waals surface area contributed by atoms with Crippen LogP contribution in [-0.4, -0.2) is 20.0 Å². The summed E-state index contributed by atoms with van der Waals surface area (Å²) >= 11 is 6.06. The van der Waals surface area contributed by atoms with Crippen LogP contribution in [0.5, 0.6) is 11.5 Å². The Bertz CT molecular complexity index is 466. The molecule has 0 heterocycles. The minimum Gasteiger partial charge on any atom is -0.493 e. The van der Waals surface area contributed by atoms with Crippen molar-refractivity contribution in [3.05, 3.63) is 22.7 Å². The Morgan fingerprint density at radius 1 is 1.41 bits per heavy atom. The Morgan fingerprint density at radius 2 is 2.12 bits per heavy atom. The van der Waals surface area contributed by atoms with E-state index in [0.29, 0.717) is 17.1 Å². The van der Waals surface area contributed by atoms with Crippen LogP contribution in [0.1, 0.15) is 23.2 Å². The second kappa shape index (κ2) is 6.12. The zero-order valence-corrected chi connectivity index (χ0v) is 10.4. The molecular weight excluding hydrogens is 242 g/mol. The van der Waals surface area contributed by atoms with Crippen LogP contribution in [-0.2, 0) is 0 Å². The molecule has 0 N–H and O–H groups in total. The van der Waals surface area contributed by atoms with Crippen LogP contribution >= 0.6 is 11.6 Å². The molecule has 5 heteroatoms. The Balaban J connectivity index is 3.11. The smallest absolute Gasteiger partial charge is 0.180 e. The highest BCUT2D eigenvalue weighted by atomic mass is 35.5. The van der Waals surface area contributed by atoms with Gasteiger partial charge >= 0.3 is 0 Å². The third kappa shape index (κ3) is 2.89. The maximum Gasteiger partial charge on any atom is 0.180 e.